The van der Waals surface area contributed by atoms with Crippen LogP contribution in [0.4, 0.5) is 13.2 Å². The SMILES string of the molecule is O=C(CNCC(F)(F)F)OCCC1CCC1. The van der Waals surface area contributed by atoms with E-state index in [9.17, 15) is 18.0 Å². The van der Waals surface area contributed by atoms with Crippen molar-refractivity contribution in [3.8, 4) is 0 Å². The van der Waals surface area contributed by atoms with Gasteiger partial charge in [0, 0.05) is 0 Å². The van der Waals surface area contributed by atoms with Crippen molar-refractivity contribution in [2.45, 2.75) is 31.9 Å². The van der Waals surface area contributed by atoms with Crippen LogP contribution >= 0.6 is 0 Å². The quantitative estimate of drug-likeness (QED) is 0.719. The van der Waals surface area contributed by atoms with Crippen LogP contribution in [0.2, 0.25) is 0 Å². The van der Waals surface area contributed by atoms with Crippen molar-refractivity contribution >= 4 is 5.97 Å². The Labute approximate surface area is 92.3 Å². The summed E-state index contributed by atoms with van der Waals surface area (Å²) in [4.78, 5) is 11.0. The summed E-state index contributed by atoms with van der Waals surface area (Å²) in [5, 5.41) is 1.99. The molecule has 94 valence electrons. The first-order valence-electron chi connectivity index (χ1n) is 5.40. The summed E-state index contributed by atoms with van der Waals surface area (Å²) in [6, 6.07) is 0. The topological polar surface area (TPSA) is 38.3 Å². The van der Waals surface area contributed by atoms with E-state index in [0.717, 1.165) is 6.42 Å². The molecule has 0 spiro atoms. The lowest BCUT2D eigenvalue weighted by atomic mass is 9.83. The van der Waals surface area contributed by atoms with Gasteiger partial charge in [-0.05, 0) is 12.3 Å². The highest BCUT2D eigenvalue weighted by Crippen LogP contribution is 2.29. The molecule has 1 aliphatic rings. The van der Waals surface area contributed by atoms with Crippen LogP contribution in [0.5, 0.6) is 0 Å². The fourth-order valence-electron chi connectivity index (χ4n) is 1.48. The van der Waals surface area contributed by atoms with Crippen molar-refractivity contribution in [2.24, 2.45) is 5.92 Å². The molecule has 6 heteroatoms. The normalized spacial score (nSPS) is 16.9. The van der Waals surface area contributed by atoms with Crippen LogP contribution in [0.1, 0.15) is 25.7 Å². The highest BCUT2D eigenvalue weighted by atomic mass is 19.4. The molecule has 1 fully saturated rings. The second-order valence-corrected chi connectivity index (χ2v) is 4.02. The van der Waals surface area contributed by atoms with Gasteiger partial charge in [-0.1, -0.05) is 19.3 Å². The zero-order valence-electron chi connectivity index (χ0n) is 8.98. The lowest BCUT2D eigenvalue weighted by Gasteiger charge is -2.24. The summed E-state index contributed by atoms with van der Waals surface area (Å²) in [5.41, 5.74) is 0. The molecule has 3 nitrogen and oxygen atoms in total. The van der Waals surface area contributed by atoms with Crippen LogP contribution < -0.4 is 5.32 Å². The van der Waals surface area contributed by atoms with Crippen LogP contribution in [0.3, 0.4) is 0 Å². The van der Waals surface area contributed by atoms with Crippen LogP contribution in [0, 0.1) is 5.92 Å². The van der Waals surface area contributed by atoms with Crippen molar-refractivity contribution in [1.82, 2.24) is 5.32 Å². The maximum Gasteiger partial charge on any atom is 0.401 e. The Morgan fingerprint density at radius 3 is 2.56 bits per heavy atom. The molecule has 0 atom stereocenters. The Hall–Kier alpha value is -0.780. The molecule has 0 aromatic rings. The summed E-state index contributed by atoms with van der Waals surface area (Å²) in [5.74, 6) is 0.0134. The van der Waals surface area contributed by atoms with E-state index in [1.807, 2.05) is 5.32 Å². The van der Waals surface area contributed by atoms with Gasteiger partial charge >= 0.3 is 12.1 Å². The van der Waals surface area contributed by atoms with Gasteiger partial charge in [-0.15, -0.1) is 0 Å². The third-order valence-electron chi connectivity index (χ3n) is 2.61. The lowest BCUT2D eigenvalue weighted by molar-refractivity contribution is -0.145. The number of rotatable bonds is 6. The average Bonchev–Trinajstić information content (AvgIpc) is 2.07. The third kappa shape index (κ3) is 5.95. The molecule has 0 aromatic heterocycles. The number of carbonyl (C=O) groups is 1. The number of alkyl halides is 3. The number of hydrogen-bond donors (Lipinski definition) is 1. The Balaban J connectivity index is 1.93. The Kier molecular flexibility index (Phi) is 5.05. The largest absolute Gasteiger partial charge is 0.465 e. The van der Waals surface area contributed by atoms with E-state index in [0.29, 0.717) is 12.5 Å². The highest BCUT2D eigenvalue weighted by molar-refractivity contribution is 5.71. The summed E-state index contributed by atoms with van der Waals surface area (Å²) < 4.78 is 39.9. The molecule has 16 heavy (non-hydrogen) atoms. The van der Waals surface area contributed by atoms with Gasteiger partial charge in [0.15, 0.2) is 0 Å². The van der Waals surface area contributed by atoms with Gasteiger partial charge in [-0.25, -0.2) is 0 Å². The number of carbonyl (C=O) groups excluding carboxylic acids is 1. The van der Waals surface area contributed by atoms with Gasteiger partial charge in [0.25, 0.3) is 0 Å². The van der Waals surface area contributed by atoms with Gasteiger partial charge in [0.1, 0.15) is 0 Å². The third-order valence-corrected chi connectivity index (χ3v) is 2.61. The zero-order valence-corrected chi connectivity index (χ0v) is 8.98. The highest BCUT2D eigenvalue weighted by Gasteiger charge is 2.26. The molecule has 1 N–H and O–H groups in total. The predicted octanol–water partition coefficient (Wildman–Crippen LogP) is 1.87. The maximum absolute atomic E-state index is 11.7. The van der Waals surface area contributed by atoms with Crippen LogP contribution in [-0.2, 0) is 9.53 Å². The van der Waals surface area contributed by atoms with Crippen LogP contribution in [-0.4, -0.2) is 31.8 Å². The van der Waals surface area contributed by atoms with E-state index in [1.165, 1.54) is 19.3 Å². The second-order valence-electron chi connectivity index (χ2n) is 4.02. The van der Waals surface area contributed by atoms with Crippen molar-refractivity contribution < 1.29 is 22.7 Å². The minimum Gasteiger partial charge on any atom is -0.465 e. The van der Waals surface area contributed by atoms with E-state index in [1.54, 1.807) is 0 Å². The Morgan fingerprint density at radius 1 is 1.38 bits per heavy atom. The average molecular weight is 239 g/mol. The van der Waals surface area contributed by atoms with Crippen molar-refractivity contribution in [3.05, 3.63) is 0 Å². The molecule has 0 heterocycles. The first-order valence-corrected chi connectivity index (χ1v) is 5.40. The first-order chi connectivity index (χ1) is 7.47. The summed E-state index contributed by atoms with van der Waals surface area (Å²) in [7, 11) is 0. The molecule has 0 aliphatic heterocycles. The number of esters is 1. The van der Waals surface area contributed by atoms with Crippen LogP contribution in [0.25, 0.3) is 0 Å². The molecular weight excluding hydrogens is 223 g/mol. The van der Waals surface area contributed by atoms with Gasteiger partial charge in [0.2, 0.25) is 0 Å². The van der Waals surface area contributed by atoms with E-state index in [2.05, 4.69) is 0 Å². The minimum atomic E-state index is -4.29. The number of nitrogens with one attached hydrogen (secondary N) is 1. The van der Waals surface area contributed by atoms with Gasteiger partial charge in [-0.2, -0.15) is 13.2 Å². The Morgan fingerprint density at radius 2 is 2.06 bits per heavy atom. The molecule has 0 radical (unpaired) electrons. The van der Waals surface area contributed by atoms with Crippen molar-refractivity contribution in [2.75, 3.05) is 19.7 Å². The maximum atomic E-state index is 11.7. The van der Waals surface area contributed by atoms with E-state index >= 15 is 0 Å². The zero-order chi connectivity index (χ0) is 12.0. The number of ether oxygens (including phenoxy) is 1. The van der Waals surface area contributed by atoms with Gasteiger partial charge in [0.05, 0.1) is 19.7 Å². The van der Waals surface area contributed by atoms with E-state index in [-0.39, 0.29) is 6.54 Å². The summed E-state index contributed by atoms with van der Waals surface area (Å²) in [6.45, 7) is -1.23. The minimum absolute atomic E-state index is 0.317. The van der Waals surface area contributed by atoms with Crippen LogP contribution in [0.15, 0.2) is 0 Å². The first kappa shape index (κ1) is 13.3. The summed E-state index contributed by atoms with van der Waals surface area (Å²) >= 11 is 0. The molecule has 0 amide bonds. The monoisotopic (exact) mass is 239 g/mol. The van der Waals surface area contributed by atoms with Gasteiger partial charge in [-0.3, -0.25) is 10.1 Å². The van der Waals surface area contributed by atoms with E-state index < -0.39 is 18.7 Å². The van der Waals surface area contributed by atoms with E-state index in [4.69, 9.17) is 4.74 Å². The molecule has 1 saturated carbocycles. The lowest BCUT2D eigenvalue weighted by Crippen LogP contribution is -2.33. The fourth-order valence-corrected chi connectivity index (χ4v) is 1.48. The molecule has 1 rings (SSSR count). The fraction of sp³-hybridized carbons (Fsp3) is 0.900. The standard InChI is InChI=1S/C10H16F3NO2/c11-10(12,13)7-14-6-9(15)16-5-4-8-2-1-3-8/h8,14H,1-7H2. The molecule has 1 aliphatic carbocycles. The molecule has 0 unspecified atom stereocenters. The predicted molar refractivity (Wildman–Crippen MR) is 51.8 cm³/mol. The van der Waals surface area contributed by atoms with Crippen molar-refractivity contribution in [1.29, 1.82) is 0 Å². The molecule has 0 aromatic carbocycles. The number of halogens is 3. The second kappa shape index (κ2) is 6.08. The summed E-state index contributed by atoms with van der Waals surface area (Å²) in [6.07, 6.45) is 0.108. The molecule has 0 bridgehead atoms. The van der Waals surface area contributed by atoms with Crippen molar-refractivity contribution in [3.63, 3.8) is 0 Å². The van der Waals surface area contributed by atoms with Gasteiger partial charge < -0.3 is 4.74 Å². The number of hydrogen-bond acceptors (Lipinski definition) is 3. The molecular formula is C10H16F3NO2. The smallest absolute Gasteiger partial charge is 0.401 e. The molecule has 0 saturated heterocycles. The Bertz CT molecular complexity index is 227.